The monoisotopic (exact) mass is 433 g/mol. The molecule has 0 saturated carbocycles. The first kappa shape index (κ1) is 23.4. The number of Topliss-reactive ketones (excluding diaryl/α,β-unsaturated/α-hetero) is 1. The standard InChI is InChI=1S/C26H31N3O3/c1-4-5-10-23(30)25-27-24(16-11-18(2)3)29(28-25)17-19-12-14-20(15-13-19)21-8-6-7-9-22(21)26(31)32/h6-9,12-15,18H,4-5,10-11,16-17H2,1-3H3,(H,31,32). The van der Waals surface area contributed by atoms with E-state index in [1.807, 2.05) is 41.1 Å². The van der Waals surface area contributed by atoms with Gasteiger partial charge in [0.1, 0.15) is 5.82 Å². The number of carboxylic acids is 1. The van der Waals surface area contributed by atoms with Gasteiger partial charge in [0.15, 0.2) is 0 Å². The molecular weight excluding hydrogens is 402 g/mol. The molecule has 0 bridgehead atoms. The molecule has 0 aliphatic carbocycles. The van der Waals surface area contributed by atoms with Crippen molar-refractivity contribution in [2.45, 2.75) is 59.4 Å². The molecule has 2 aromatic carbocycles. The van der Waals surface area contributed by atoms with E-state index in [-0.39, 0.29) is 11.3 Å². The van der Waals surface area contributed by atoms with E-state index >= 15 is 0 Å². The number of hydrogen-bond acceptors (Lipinski definition) is 4. The molecule has 0 aliphatic rings. The topological polar surface area (TPSA) is 85.1 Å². The van der Waals surface area contributed by atoms with Gasteiger partial charge in [-0.1, -0.05) is 69.7 Å². The second kappa shape index (κ2) is 10.8. The van der Waals surface area contributed by atoms with Crippen LogP contribution in [0.4, 0.5) is 0 Å². The number of aromatic nitrogens is 3. The second-order valence-electron chi connectivity index (χ2n) is 8.52. The van der Waals surface area contributed by atoms with Gasteiger partial charge in [0.25, 0.3) is 0 Å². The van der Waals surface area contributed by atoms with Crippen LogP contribution < -0.4 is 0 Å². The van der Waals surface area contributed by atoms with Gasteiger partial charge in [-0.15, -0.1) is 5.10 Å². The molecule has 0 amide bonds. The number of ketones is 1. The molecule has 0 unspecified atom stereocenters. The maximum Gasteiger partial charge on any atom is 0.336 e. The number of nitrogens with zero attached hydrogens (tertiary/aromatic N) is 3. The number of unbranched alkanes of at least 4 members (excludes halogenated alkanes) is 1. The molecule has 0 radical (unpaired) electrons. The van der Waals surface area contributed by atoms with Crippen molar-refractivity contribution in [2.24, 2.45) is 5.92 Å². The number of carboxylic acid groups (broad SMARTS) is 1. The Morgan fingerprint density at radius 3 is 2.44 bits per heavy atom. The van der Waals surface area contributed by atoms with E-state index in [0.29, 0.717) is 30.3 Å². The molecule has 6 nitrogen and oxygen atoms in total. The van der Waals surface area contributed by atoms with Gasteiger partial charge in [-0.2, -0.15) is 0 Å². The molecule has 1 aromatic heterocycles. The molecule has 1 heterocycles. The largest absolute Gasteiger partial charge is 0.478 e. The predicted molar refractivity (Wildman–Crippen MR) is 125 cm³/mol. The van der Waals surface area contributed by atoms with Crippen molar-refractivity contribution in [1.29, 1.82) is 0 Å². The summed E-state index contributed by atoms with van der Waals surface area (Å²) >= 11 is 0. The Bertz CT molecular complexity index is 1070. The predicted octanol–water partition coefficient (Wildman–Crippen LogP) is 5.65. The van der Waals surface area contributed by atoms with Crippen molar-refractivity contribution >= 4 is 11.8 Å². The summed E-state index contributed by atoms with van der Waals surface area (Å²) in [7, 11) is 0. The van der Waals surface area contributed by atoms with Gasteiger partial charge < -0.3 is 5.11 Å². The van der Waals surface area contributed by atoms with E-state index in [1.165, 1.54) is 0 Å². The average Bonchev–Trinajstić information content (AvgIpc) is 3.19. The van der Waals surface area contributed by atoms with E-state index in [0.717, 1.165) is 42.6 Å². The Morgan fingerprint density at radius 1 is 1.06 bits per heavy atom. The molecule has 0 spiro atoms. The Hall–Kier alpha value is -3.28. The zero-order chi connectivity index (χ0) is 23.1. The van der Waals surface area contributed by atoms with Crippen LogP contribution in [-0.2, 0) is 13.0 Å². The Balaban J connectivity index is 1.83. The number of aromatic carboxylic acids is 1. The zero-order valence-electron chi connectivity index (χ0n) is 19.0. The van der Waals surface area contributed by atoms with Gasteiger partial charge in [0.2, 0.25) is 11.6 Å². The second-order valence-corrected chi connectivity index (χ2v) is 8.52. The van der Waals surface area contributed by atoms with Gasteiger partial charge >= 0.3 is 5.97 Å². The summed E-state index contributed by atoms with van der Waals surface area (Å²) in [6, 6.07) is 14.8. The van der Waals surface area contributed by atoms with Crippen LogP contribution >= 0.6 is 0 Å². The van der Waals surface area contributed by atoms with Crippen molar-refractivity contribution in [3.05, 3.63) is 71.3 Å². The van der Waals surface area contributed by atoms with Crippen LogP contribution in [0.15, 0.2) is 48.5 Å². The van der Waals surface area contributed by atoms with E-state index < -0.39 is 5.97 Å². The molecule has 3 aromatic rings. The number of benzene rings is 2. The fourth-order valence-electron chi connectivity index (χ4n) is 3.55. The highest BCUT2D eigenvalue weighted by molar-refractivity contribution is 5.96. The molecule has 3 rings (SSSR count). The van der Waals surface area contributed by atoms with Crippen molar-refractivity contribution in [2.75, 3.05) is 0 Å². The third kappa shape index (κ3) is 5.90. The van der Waals surface area contributed by atoms with Crippen LogP contribution in [-0.4, -0.2) is 31.6 Å². The maximum atomic E-state index is 12.5. The summed E-state index contributed by atoms with van der Waals surface area (Å²) < 4.78 is 1.84. The average molecular weight is 434 g/mol. The number of carbonyl (C=O) groups excluding carboxylic acids is 1. The SMILES string of the molecule is CCCCC(=O)c1nc(CCC(C)C)n(Cc2ccc(-c3ccccc3C(=O)O)cc2)n1. The van der Waals surface area contributed by atoms with E-state index in [2.05, 4.69) is 30.9 Å². The zero-order valence-corrected chi connectivity index (χ0v) is 19.0. The van der Waals surface area contributed by atoms with Crippen LogP contribution in [0.5, 0.6) is 0 Å². The minimum Gasteiger partial charge on any atom is -0.478 e. The summed E-state index contributed by atoms with van der Waals surface area (Å²) in [5.41, 5.74) is 2.84. The first-order valence-corrected chi connectivity index (χ1v) is 11.3. The first-order chi connectivity index (χ1) is 15.4. The number of hydrogen-bond donors (Lipinski definition) is 1. The highest BCUT2D eigenvalue weighted by Gasteiger charge is 2.17. The Morgan fingerprint density at radius 2 is 1.78 bits per heavy atom. The van der Waals surface area contributed by atoms with Crippen LogP contribution in [0, 0.1) is 5.92 Å². The van der Waals surface area contributed by atoms with Gasteiger partial charge in [0, 0.05) is 12.8 Å². The number of carbonyl (C=O) groups is 2. The third-order valence-corrected chi connectivity index (χ3v) is 5.46. The normalized spacial score (nSPS) is 11.1. The van der Waals surface area contributed by atoms with Gasteiger partial charge in [-0.05, 0) is 41.5 Å². The van der Waals surface area contributed by atoms with Crippen LogP contribution in [0.1, 0.15) is 78.8 Å². The van der Waals surface area contributed by atoms with E-state index in [1.54, 1.807) is 12.1 Å². The van der Waals surface area contributed by atoms with Gasteiger partial charge in [-0.25, -0.2) is 14.5 Å². The Kier molecular flexibility index (Phi) is 7.92. The van der Waals surface area contributed by atoms with Crippen molar-refractivity contribution in [1.82, 2.24) is 14.8 Å². The van der Waals surface area contributed by atoms with Crippen LogP contribution in [0.3, 0.4) is 0 Å². The minimum absolute atomic E-state index is 0.00276. The smallest absolute Gasteiger partial charge is 0.336 e. The van der Waals surface area contributed by atoms with Gasteiger partial charge in [0.05, 0.1) is 12.1 Å². The minimum atomic E-state index is -0.942. The lowest BCUT2D eigenvalue weighted by Gasteiger charge is -2.09. The highest BCUT2D eigenvalue weighted by Crippen LogP contribution is 2.24. The molecule has 0 fully saturated rings. The highest BCUT2D eigenvalue weighted by atomic mass is 16.4. The summed E-state index contributed by atoms with van der Waals surface area (Å²) in [5.74, 6) is 0.732. The van der Waals surface area contributed by atoms with Crippen LogP contribution in [0.25, 0.3) is 11.1 Å². The molecule has 168 valence electrons. The summed E-state index contributed by atoms with van der Waals surface area (Å²) in [5, 5.41) is 14.0. The molecule has 1 N–H and O–H groups in total. The molecule has 32 heavy (non-hydrogen) atoms. The van der Waals surface area contributed by atoms with E-state index in [9.17, 15) is 14.7 Å². The third-order valence-electron chi connectivity index (χ3n) is 5.46. The van der Waals surface area contributed by atoms with Crippen LogP contribution in [0.2, 0.25) is 0 Å². The van der Waals surface area contributed by atoms with Crippen molar-refractivity contribution in [3.63, 3.8) is 0 Å². The van der Waals surface area contributed by atoms with Crippen molar-refractivity contribution < 1.29 is 14.7 Å². The molecular formula is C26H31N3O3. The lowest BCUT2D eigenvalue weighted by molar-refractivity contribution is 0.0697. The maximum absolute atomic E-state index is 12.5. The summed E-state index contributed by atoms with van der Waals surface area (Å²) in [4.78, 5) is 28.6. The fourth-order valence-corrected chi connectivity index (χ4v) is 3.55. The quantitative estimate of drug-likeness (QED) is 0.395. The van der Waals surface area contributed by atoms with E-state index in [4.69, 9.17) is 0 Å². The lowest BCUT2D eigenvalue weighted by Crippen LogP contribution is -2.09. The number of aryl methyl sites for hydroxylation is 1. The molecule has 0 aliphatic heterocycles. The molecule has 6 heteroatoms. The Labute approximate surface area is 189 Å². The molecule has 0 saturated heterocycles. The molecule has 0 atom stereocenters. The first-order valence-electron chi connectivity index (χ1n) is 11.3. The van der Waals surface area contributed by atoms with Crippen molar-refractivity contribution in [3.8, 4) is 11.1 Å². The van der Waals surface area contributed by atoms with Gasteiger partial charge in [-0.3, -0.25) is 4.79 Å². The lowest BCUT2D eigenvalue weighted by atomic mass is 9.99. The number of rotatable bonds is 11. The summed E-state index contributed by atoms with van der Waals surface area (Å²) in [6.07, 6.45) is 4.03. The summed E-state index contributed by atoms with van der Waals surface area (Å²) in [6.45, 7) is 6.91. The fraction of sp³-hybridized carbons (Fsp3) is 0.385.